The Labute approximate surface area is 99.2 Å². The molecule has 3 heteroatoms. The first-order valence-corrected chi connectivity index (χ1v) is 6.31. The fourth-order valence-electron chi connectivity index (χ4n) is 2.39. The Kier molecular flexibility index (Phi) is 4.00. The van der Waals surface area contributed by atoms with Gasteiger partial charge in [0.25, 0.3) is 0 Å². The second-order valence-electron chi connectivity index (χ2n) is 6.37. The van der Waals surface area contributed by atoms with E-state index in [1.165, 1.54) is 25.7 Å². The van der Waals surface area contributed by atoms with Crippen LogP contribution in [0.25, 0.3) is 0 Å². The summed E-state index contributed by atoms with van der Waals surface area (Å²) >= 11 is 0. The molecule has 1 rings (SSSR count). The molecule has 1 amide bonds. The van der Waals surface area contributed by atoms with Crippen LogP contribution in [-0.2, 0) is 4.79 Å². The Hall–Kier alpha value is -0.570. The monoisotopic (exact) mass is 226 g/mol. The van der Waals surface area contributed by atoms with Crippen molar-refractivity contribution in [1.29, 1.82) is 0 Å². The van der Waals surface area contributed by atoms with Crippen LogP contribution in [0.5, 0.6) is 0 Å². The molecule has 0 atom stereocenters. The summed E-state index contributed by atoms with van der Waals surface area (Å²) in [5.41, 5.74) is 5.17. The highest BCUT2D eigenvalue weighted by Crippen LogP contribution is 2.38. The predicted octanol–water partition coefficient (Wildman–Crippen LogP) is 2.06. The molecule has 0 heterocycles. The third-order valence-electron chi connectivity index (χ3n) is 3.75. The number of hydrogen-bond acceptors (Lipinski definition) is 2. The average molecular weight is 226 g/mol. The van der Waals surface area contributed by atoms with Crippen LogP contribution in [0.15, 0.2) is 0 Å². The van der Waals surface area contributed by atoms with Gasteiger partial charge < -0.3 is 11.1 Å². The van der Waals surface area contributed by atoms with Crippen LogP contribution in [0.4, 0.5) is 0 Å². The zero-order valence-electron chi connectivity index (χ0n) is 11.1. The predicted molar refractivity (Wildman–Crippen MR) is 67.0 cm³/mol. The first kappa shape index (κ1) is 13.5. The van der Waals surface area contributed by atoms with E-state index in [2.05, 4.69) is 19.2 Å². The van der Waals surface area contributed by atoms with E-state index in [4.69, 9.17) is 5.73 Å². The number of hydrogen-bond donors (Lipinski definition) is 2. The van der Waals surface area contributed by atoms with Gasteiger partial charge in [0.05, 0.1) is 5.54 Å². The number of carbonyl (C=O) groups excluding carboxylic acids is 1. The molecule has 0 unspecified atom stereocenters. The van der Waals surface area contributed by atoms with Gasteiger partial charge in [-0.05, 0) is 38.0 Å². The van der Waals surface area contributed by atoms with Crippen molar-refractivity contribution >= 4 is 5.91 Å². The quantitative estimate of drug-likeness (QED) is 0.771. The number of rotatable bonds is 4. The Balaban J connectivity index is 2.44. The van der Waals surface area contributed by atoms with Crippen molar-refractivity contribution in [2.75, 3.05) is 6.54 Å². The van der Waals surface area contributed by atoms with Crippen LogP contribution < -0.4 is 11.1 Å². The van der Waals surface area contributed by atoms with Gasteiger partial charge in [-0.15, -0.1) is 0 Å². The molecule has 1 saturated carbocycles. The highest BCUT2D eigenvalue weighted by Gasteiger charge is 2.33. The van der Waals surface area contributed by atoms with Crippen LogP contribution in [0, 0.1) is 11.3 Å². The maximum Gasteiger partial charge on any atom is 0.239 e. The molecule has 0 spiro atoms. The van der Waals surface area contributed by atoms with Crippen LogP contribution in [-0.4, -0.2) is 18.0 Å². The highest BCUT2D eigenvalue weighted by atomic mass is 16.2. The zero-order chi connectivity index (χ0) is 12.4. The summed E-state index contributed by atoms with van der Waals surface area (Å²) in [5.74, 6) is 0.687. The van der Waals surface area contributed by atoms with Crippen molar-refractivity contribution in [2.45, 2.75) is 58.9 Å². The van der Waals surface area contributed by atoms with Gasteiger partial charge in [-0.2, -0.15) is 0 Å². The summed E-state index contributed by atoms with van der Waals surface area (Å²) < 4.78 is 0. The van der Waals surface area contributed by atoms with Gasteiger partial charge in [0.1, 0.15) is 0 Å². The van der Waals surface area contributed by atoms with Crippen molar-refractivity contribution in [3.63, 3.8) is 0 Å². The van der Waals surface area contributed by atoms with Crippen LogP contribution in [0.1, 0.15) is 53.4 Å². The lowest BCUT2D eigenvalue weighted by Gasteiger charge is -2.33. The third kappa shape index (κ3) is 3.48. The Morgan fingerprint density at radius 3 is 2.19 bits per heavy atom. The van der Waals surface area contributed by atoms with E-state index in [0.717, 1.165) is 12.5 Å². The highest BCUT2D eigenvalue weighted by molar-refractivity contribution is 5.85. The Morgan fingerprint density at radius 2 is 1.75 bits per heavy atom. The van der Waals surface area contributed by atoms with Crippen molar-refractivity contribution in [3.05, 3.63) is 0 Å². The number of nitrogens with one attached hydrogen (secondary N) is 1. The van der Waals surface area contributed by atoms with Gasteiger partial charge in [0.2, 0.25) is 5.91 Å². The van der Waals surface area contributed by atoms with E-state index in [0.29, 0.717) is 0 Å². The number of amides is 1. The molecular weight excluding hydrogens is 200 g/mol. The zero-order valence-corrected chi connectivity index (χ0v) is 11.1. The van der Waals surface area contributed by atoms with Crippen molar-refractivity contribution in [2.24, 2.45) is 17.1 Å². The second-order valence-corrected chi connectivity index (χ2v) is 6.37. The fraction of sp³-hybridized carbons (Fsp3) is 0.923. The second kappa shape index (κ2) is 4.74. The summed E-state index contributed by atoms with van der Waals surface area (Å²) in [6, 6.07) is 0. The number of carbonyl (C=O) groups is 1. The first-order chi connectivity index (χ1) is 7.23. The smallest absolute Gasteiger partial charge is 0.239 e. The standard InChI is InChI=1S/C13H26N2O/c1-12(2,10-7-5-6-8-10)9-15-11(16)13(3,4)14/h10H,5-9,14H2,1-4H3,(H,15,16). The molecule has 16 heavy (non-hydrogen) atoms. The van der Waals surface area contributed by atoms with Gasteiger partial charge in [0.15, 0.2) is 0 Å². The largest absolute Gasteiger partial charge is 0.354 e. The maximum absolute atomic E-state index is 11.7. The minimum atomic E-state index is -0.772. The Bertz CT molecular complexity index is 247. The minimum absolute atomic E-state index is 0.0569. The van der Waals surface area contributed by atoms with E-state index in [1.54, 1.807) is 13.8 Å². The van der Waals surface area contributed by atoms with Crippen LogP contribution in [0.2, 0.25) is 0 Å². The van der Waals surface area contributed by atoms with E-state index >= 15 is 0 Å². The first-order valence-electron chi connectivity index (χ1n) is 6.31. The number of nitrogens with two attached hydrogens (primary N) is 1. The third-order valence-corrected chi connectivity index (χ3v) is 3.75. The van der Waals surface area contributed by atoms with E-state index in [9.17, 15) is 4.79 Å². The maximum atomic E-state index is 11.7. The summed E-state index contributed by atoms with van der Waals surface area (Å²) in [6.07, 6.45) is 5.28. The van der Waals surface area contributed by atoms with Gasteiger partial charge in [-0.1, -0.05) is 26.7 Å². The molecule has 3 nitrogen and oxygen atoms in total. The van der Waals surface area contributed by atoms with Crippen molar-refractivity contribution < 1.29 is 4.79 Å². The SMILES string of the molecule is CC(C)(N)C(=O)NCC(C)(C)C1CCCC1. The lowest BCUT2D eigenvalue weighted by molar-refractivity contribution is -0.125. The summed E-state index contributed by atoms with van der Waals surface area (Å²) in [7, 11) is 0. The molecule has 1 aliphatic carbocycles. The average Bonchev–Trinajstić information content (AvgIpc) is 2.65. The minimum Gasteiger partial charge on any atom is -0.354 e. The van der Waals surface area contributed by atoms with E-state index in [-0.39, 0.29) is 11.3 Å². The molecule has 0 aliphatic heterocycles. The Morgan fingerprint density at radius 1 is 1.25 bits per heavy atom. The summed E-state index contributed by atoms with van der Waals surface area (Å²) in [4.78, 5) is 11.7. The molecule has 0 aromatic rings. The lowest BCUT2D eigenvalue weighted by atomic mass is 9.77. The molecule has 1 aliphatic rings. The fourth-order valence-corrected chi connectivity index (χ4v) is 2.39. The van der Waals surface area contributed by atoms with E-state index in [1.807, 2.05) is 0 Å². The molecule has 0 aromatic heterocycles. The molecular formula is C13H26N2O. The summed E-state index contributed by atoms with van der Waals surface area (Å²) in [5, 5.41) is 2.98. The molecule has 0 bridgehead atoms. The van der Waals surface area contributed by atoms with Gasteiger partial charge in [0, 0.05) is 6.54 Å². The van der Waals surface area contributed by atoms with Crippen molar-refractivity contribution in [1.82, 2.24) is 5.32 Å². The molecule has 0 radical (unpaired) electrons. The lowest BCUT2D eigenvalue weighted by Crippen LogP contribution is -2.51. The topological polar surface area (TPSA) is 55.1 Å². The van der Waals surface area contributed by atoms with Crippen LogP contribution in [0.3, 0.4) is 0 Å². The van der Waals surface area contributed by atoms with Gasteiger partial charge >= 0.3 is 0 Å². The van der Waals surface area contributed by atoms with Crippen molar-refractivity contribution in [3.8, 4) is 0 Å². The molecule has 0 aromatic carbocycles. The summed E-state index contributed by atoms with van der Waals surface area (Å²) in [6.45, 7) is 8.70. The molecule has 94 valence electrons. The van der Waals surface area contributed by atoms with Crippen LogP contribution >= 0.6 is 0 Å². The molecule has 3 N–H and O–H groups in total. The van der Waals surface area contributed by atoms with Gasteiger partial charge in [-0.25, -0.2) is 0 Å². The van der Waals surface area contributed by atoms with Gasteiger partial charge in [-0.3, -0.25) is 4.79 Å². The molecule has 0 saturated heterocycles. The normalized spacial score (nSPS) is 18.8. The van der Waals surface area contributed by atoms with E-state index < -0.39 is 5.54 Å². The molecule has 1 fully saturated rings.